The van der Waals surface area contributed by atoms with Crippen LogP contribution in [0.15, 0.2) is 73.6 Å². The Hall–Kier alpha value is -4.33. The number of hydrogen-bond donors (Lipinski definition) is 2. The van der Waals surface area contributed by atoms with Gasteiger partial charge < -0.3 is 10.3 Å². The number of pyridine rings is 1. The summed E-state index contributed by atoms with van der Waals surface area (Å²) in [6, 6.07) is 13.8. The van der Waals surface area contributed by atoms with Gasteiger partial charge in [0.2, 0.25) is 0 Å². The number of fused-ring (bicyclic) bond motifs is 1. The molecule has 8 heteroatoms. The van der Waals surface area contributed by atoms with Gasteiger partial charge in [0.05, 0.1) is 4.92 Å². The largest absolute Gasteiger partial charge is 0.346 e. The molecule has 31 heavy (non-hydrogen) atoms. The molecule has 0 fully saturated rings. The number of aromatic amines is 1. The molecule has 0 radical (unpaired) electrons. The van der Waals surface area contributed by atoms with Crippen LogP contribution in [0.2, 0.25) is 0 Å². The van der Waals surface area contributed by atoms with E-state index in [0.717, 1.165) is 16.6 Å². The minimum absolute atomic E-state index is 0.0708. The summed E-state index contributed by atoms with van der Waals surface area (Å²) in [5.74, 6) is -1.11. The number of aryl methyl sites for hydroxylation is 1. The second-order valence-corrected chi connectivity index (χ2v) is 6.54. The van der Waals surface area contributed by atoms with Crippen molar-refractivity contribution in [2.24, 2.45) is 0 Å². The number of hydrogen-bond acceptors (Lipinski definition) is 4. The second kappa shape index (κ2) is 9.45. The topological polar surface area (TPSA) is 101 Å². The summed E-state index contributed by atoms with van der Waals surface area (Å²) in [5.41, 5.74) is 2.37. The Balaban J connectivity index is 0.000000207. The van der Waals surface area contributed by atoms with E-state index in [1.165, 1.54) is 42.5 Å². The number of aromatic nitrogens is 2. The van der Waals surface area contributed by atoms with E-state index in [1.807, 2.05) is 24.4 Å². The molecule has 4 rings (SSSR count). The number of benzene rings is 2. The number of H-pyrrole nitrogens is 1. The molecule has 0 aliphatic rings. The number of rotatable bonds is 4. The first-order valence-electron chi connectivity index (χ1n) is 9.26. The Morgan fingerprint density at radius 3 is 2.71 bits per heavy atom. The number of nitro groups is 1. The van der Waals surface area contributed by atoms with Crippen molar-refractivity contribution in [2.45, 2.75) is 6.92 Å². The predicted molar refractivity (Wildman–Crippen MR) is 118 cm³/mol. The average molecular weight is 418 g/mol. The number of carbonyl (C=O) groups excluding carboxylic acids is 1. The Kier molecular flexibility index (Phi) is 6.51. The Morgan fingerprint density at radius 2 is 2.00 bits per heavy atom. The highest BCUT2D eigenvalue weighted by molar-refractivity contribution is 6.07. The molecule has 2 aromatic heterocycles. The third kappa shape index (κ3) is 4.99. The summed E-state index contributed by atoms with van der Waals surface area (Å²) in [6.45, 7) is 5.32. The first kappa shape index (κ1) is 21.4. The van der Waals surface area contributed by atoms with Gasteiger partial charge in [0, 0.05) is 29.5 Å². The minimum Gasteiger partial charge on any atom is -0.346 e. The lowest BCUT2D eigenvalue weighted by Crippen LogP contribution is -2.14. The van der Waals surface area contributed by atoms with E-state index in [9.17, 15) is 19.3 Å². The number of nitrogens with zero attached hydrogens (tertiary/aromatic N) is 2. The molecular weight excluding hydrogens is 399 g/mol. The van der Waals surface area contributed by atoms with Crippen molar-refractivity contribution in [3.05, 3.63) is 106 Å². The normalized spacial score (nSPS) is 10.1. The molecule has 2 N–H and O–H groups in total. The number of carbonyl (C=O) groups is 1. The highest BCUT2D eigenvalue weighted by Crippen LogP contribution is 2.20. The van der Waals surface area contributed by atoms with Crippen LogP contribution >= 0.6 is 0 Å². The summed E-state index contributed by atoms with van der Waals surface area (Å²) in [6.07, 6.45) is 5.48. The molecular formula is C23H19FN4O3. The number of halogens is 1. The van der Waals surface area contributed by atoms with Crippen molar-refractivity contribution in [3.8, 4) is 0 Å². The molecule has 0 saturated heterocycles. The zero-order valence-corrected chi connectivity index (χ0v) is 16.6. The fourth-order valence-corrected chi connectivity index (χ4v) is 2.85. The summed E-state index contributed by atoms with van der Waals surface area (Å²) in [5, 5.41) is 14.4. The summed E-state index contributed by atoms with van der Waals surface area (Å²) in [7, 11) is 0. The molecule has 0 atom stereocenters. The smallest absolute Gasteiger partial charge is 0.282 e. The van der Waals surface area contributed by atoms with Gasteiger partial charge in [-0.3, -0.25) is 14.9 Å². The zero-order chi connectivity index (χ0) is 22.4. The standard InChI is InChI=1S/C14H11FN2O3.C9H8N2/c1-9-6-7-10(8-12(9)15)16-14(18)11-4-2-3-5-13(11)17(19)20;1-2-7-3-5-10-9-8(7)4-6-11-9/h2-8H,1H3,(H,16,18);2-6H,1H2,(H,10,11). The van der Waals surface area contributed by atoms with E-state index in [2.05, 4.69) is 21.9 Å². The van der Waals surface area contributed by atoms with Crippen LogP contribution in [0.1, 0.15) is 21.5 Å². The predicted octanol–water partition coefficient (Wildman–Crippen LogP) is 5.50. The third-order valence-corrected chi connectivity index (χ3v) is 4.49. The van der Waals surface area contributed by atoms with E-state index in [4.69, 9.17) is 0 Å². The lowest BCUT2D eigenvalue weighted by Gasteiger charge is -2.06. The van der Waals surface area contributed by atoms with Crippen molar-refractivity contribution >= 4 is 34.4 Å². The molecule has 7 nitrogen and oxygen atoms in total. The Bertz CT molecular complexity index is 1270. The number of anilines is 1. The molecule has 2 heterocycles. The highest BCUT2D eigenvalue weighted by atomic mass is 19.1. The quantitative estimate of drug-likeness (QED) is 0.337. The van der Waals surface area contributed by atoms with Crippen LogP contribution in [0.3, 0.4) is 0 Å². The molecule has 0 spiro atoms. The Labute approximate surface area is 177 Å². The molecule has 0 aliphatic carbocycles. The second-order valence-electron chi connectivity index (χ2n) is 6.54. The molecule has 1 amide bonds. The summed E-state index contributed by atoms with van der Waals surface area (Å²) >= 11 is 0. The van der Waals surface area contributed by atoms with Crippen LogP contribution in [-0.4, -0.2) is 20.8 Å². The van der Waals surface area contributed by atoms with Gasteiger partial charge in [-0.1, -0.05) is 30.9 Å². The van der Waals surface area contributed by atoms with E-state index in [1.54, 1.807) is 13.1 Å². The van der Waals surface area contributed by atoms with Crippen molar-refractivity contribution in [2.75, 3.05) is 5.32 Å². The van der Waals surface area contributed by atoms with Crippen LogP contribution in [0.25, 0.3) is 17.1 Å². The van der Waals surface area contributed by atoms with Crippen LogP contribution < -0.4 is 5.32 Å². The van der Waals surface area contributed by atoms with Crippen LogP contribution in [-0.2, 0) is 0 Å². The lowest BCUT2D eigenvalue weighted by molar-refractivity contribution is -0.385. The van der Waals surface area contributed by atoms with Crippen molar-refractivity contribution in [3.63, 3.8) is 0 Å². The molecule has 2 aromatic carbocycles. The lowest BCUT2D eigenvalue weighted by atomic mass is 10.1. The monoisotopic (exact) mass is 418 g/mol. The minimum atomic E-state index is -0.652. The van der Waals surface area contributed by atoms with Gasteiger partial charge in [0.1, 0.15) is 17.0 Å². The van der Waals surface area contributed by atoms with Crippen molar-refractivity contribution in [1.82, 2.24) is 9.97 Å². The van der Waals surface area contributed by atoms with Gasteiger partial charge in [-0.15, -0.1) is 0 Å². The first-order chi connectivity index (χ1) is 14.9. The molecule has 0 bridgehead atoms. The van der Waals surface area contributed by atoms with Crippen LogP contribution in [0.4, 0.5) is 15.8 Å². The van der Waals surface area contributed by atoms with E-state index in [0.29, 0.717) is 5.56 Å². The number of amides is 1. The molecule has 0 aliphatic heterocycles. The molecule has 0 saturated carbocycles. The van der Waals surface area contributed by atoms with Crippen LogP contribution in [0.5, 0.6) is 0 Å². The van der Waals surface area contributed by atoms with Gasteiger partial charge in [-0.25, -0.2) is 9.37 Å². The molecule has 4 aromatic rings. The maximum absolute atomic E-state index is 13.4. The van der Waals surface area contributed by atoms with Crippen LogP contribution in [0, 0.1) is 22.9 Å². The SMILES string of the molecule is C=Cc1ccnc2[nH]ccc12.Cc1ccc(NC(=O)c2ccccc2[N+](=O)[O-])cc1F. The highest BCUT2D eigenvalue weighted by Gasteiger charge is 2.19. The van der Waals surface area contributed by atoms with E-state index >= 15 is 0 Å². The number of nitrogens with one attached hydrogen (secondary N) is 2. The van der Waals surface area contributed by atoms with Gasteiger partial charge in [0.15, 0.2) is 0 Å². The van der Waals surface area contributed by atoms with Gasteiger partial charge >= 0.3 is 0 Å². The number of nitro benzene ring substituents is 1. The number of para-hydroxylation sites is 1. The fraction of sp³-hybridized carbons (Fsp3) is 0.0435. The summed E-state index contributed by atoms with van der Waals surface area (Å²) < 4.78 is 13.4. The Morgan fingerprint density at radius 1 is 1.23 bits per heavy atom. The molecule has 0 unspecified atom stereocenters. The maximum atomic E-state index is 13.4. The molecule has 156 valence electrons. The fourth-order valence-electron chi connectivity index (χ4n) is 2.85. The zero-order valence-electron chi connectivity index (χ0n) is 16.6. The van der Waals surface area contributed by atoms with Crippen molar-refractivity contribution in [1.29, 1.82) is 0 Å². The van der Waals surface area contributed by atoms with E-state index < -0.39 is 16.6 Å². The third-order valence-electron chi connectivity index (χ3n) is 4.49. The maximum Gasteiger partial charge on any atom is 0.282 e. The average Bonchev–Trinajstić information content (AvgIpc) is 3.26. The van der Waals surface area contributed by atoms with Gasteiger partial charge in [-0.05, 0) is 48.4 Å². The van der Waals surface area contributed by atoms with Crippen molar-refractivity contribution < 1.29 is 14.1 Å². The van der Waals surface area contributed by atoms with E-state index in [-0.39, 0.29) is 16.9 Å². The summed E-state index contributed by atoms with van der Waals surface area (Å²) in [4.78, 5) is 29.4. The van der Waals surface area contributed by atoms with Gasteiger partial charge in [-0.2, -0.15) is 0 Å². The van der Waals surface area contributed by atoms with Gasteiger partial charge in [0.25, 0.3) is 11.6 Å². The first-order valence-corrected chi connectivity index (χ1v) is 9.26.